The molecule has 4 rings (SSSR count). The molecule has 5 heteroatoms. The Morgan fingerprint density at radius 2 is 1.46 bits per heavy atom. The number of rotatable bonds is 5. The molecule has 0 saturated heterocycles. The van der Waals surface area contributed by atoms with Gasteiger partial charge in [0.2, 0.25) is 0 Å². The Hall–Kier alpha value is -3.28. The number of fused-ring (bicyclic) bond motifs is 1. The van der Waals surface area contributed by atoms with Crippen LogP contribution in [0.1, 0.15) is 16.7 Å². The lowest BCUT2D eigenvalue weighted by Gasteiger charge is -2.27. The van der Waals surface area contributed by atoms with Crippen molar-refractivity contribution in [3.05, 3.63) is 107 Å². The minimum absolute atomic E-state index is 0.481. The minimum Gasteiger partial charge on any atom is -0.372 e. The monoisotopic (exact) mass is 386 g/mol. The van der Waals surface area contributed by atoms with Crippen LogP contribution in [-0.2, 0) is 10.4 Å². The van der Waals surface area contributed by atoms with Crippen molar-refractivity contribution in [2.45, 2.75) is 5.60 Å². The Morgan fingerprint density at radius 1 is 0.893 bits per heavy atom. The lowest BCUT2D eigenvalue weighted by molar-refractivity contribution is -0.136. The predicted octanol–water partition coefficient (Wildman–Crippen LogP) is 4.29. The third kappa shape index (κ3) is 3.33. The number of carbonyl (C=O) groups excluding carboxylic acids is 1. The smallest absolute Gasteiger partial charge is 0.281 e. The van der Waals surface area contributed by atoms with E-state index >= 15 is 0 Å². The Bertz CT molecular complexity index is 1080. The highest BCUT2D eigenvalue weighted by Gasteiger charge is 2.39. The normalized spacial score (nSPS) is 11.8. The van der Waals surface area contributed by atoms with Gasteiger partial charge in [-0.25, -0.2) is 5.43 Å². The number of hydrazone groups is 1. The Balaban J connectivity index is 1.63. The highest BCUT2D eigenvalue weighted by atomic mass is 32.1. The quantitative estimate of drug-likeness (QED) is 0.397. The van der Waals surface area contributed by atoms with Crippen molar-refractivity contribution < 1.29 is 9.90 Å². The van der Waals surface area contributed by atoms with Gasteiger partial charge < -0.3 is 5.11 Å². The maximum Gasteiger partial charge on any atom is 0.281 e. The van der Waals surface area contributed by atoms with Crippen LogP contribution in [0.4, 0.5) is 0 Å². The minimum atomic E-state index is -1.84. The van der Waals surface area contributed by atoms with Gasteiger partial charge in [0.25, 0.3) is 5.91 Å². The molecular weight excluding hydrogens is 368 g/mol. The largest absolute Gasteiger partial charge is 0.372 e. The van der Waals surface area contributed by atoms with E-state index in [1.807, 2.05) is 41.8 Å². The first-order chi connectivity index (χ1) is 13.7. The summed E-state index contributed by atoms with van der Waals surface area (Å²) in [5.74, 6) is -0.610. The SMILES string of the molecule is O=C(NN=Cc1csc2ccccc12)C(O)(c1ccccc1)c1ccccc1. The molecule has 4 aromatic rings. The second-order valence-electron chi connectivity index (χ2n) is 6.33. The summed E-state index contributed by atoms with van der Waals surface area (Å²) in [5, 5.41) is 18.5. The van der Waals surface area contributed by atoms with Crippen molar-refractivity contribution in [3.63, 3.8) is 0 Å². The van der Waals surface area contributed by atoms with E-state index in [9.17, 15) is 9.90 Å². The molecule has 0 unspecified atom stereocenters. The molecule has 0 saturated carbocycles. The fraction of sp³-hybridized carbons (Fsp3) is 0.0435. The number of nitrogens with zero attached hydrogens (tertiary/aromatic N) is 1. The van der Waals surface area contributed by atoms with Gasteiger partial charge in [-0.1, -0.05) is 78.9 Å². The molecule has 0 atom stereocenters. The van der Waals surface area contributed by atoms with Crippen LogP contribution >= 0.6 is 11.3 Å². The van der Waals surface area contributed by atoms with E-state index < -0.39 is 11.5 Å². The highest BCUT2D eigenvalue weighted by Crippen LogP contribution is 2.30. The number of aliphatic hydroxyl groups is 1. The summed E-state index contributed by atoms with van der Waals surface area (Å²) >= 11 is 1.62. The summed E-state index contributed by atoms with van der Waals surface area (Å²) in [6.45, 7) is 0. The molecule has 4 nitrogen and oxygen atoms in total. The van der Waals surface area contributed by atoms with Crippen LogP contribution in [-0.4, -0.2) is 17.2 Å². The van der Waals surface area contributed by atoms with Crippen molar-refractivity contribution in [2.75, 3.05) is 0 Å². The third-order valence-electron chi connectivity index (χ3n) is 4.59. The van der Waals surface area contributed by atoms with Gasteiger partial charge in [-0.05, 0) is 17.2 Å². The highest BCUT2D eigenvalue weighted by molar-refractivity contribution is 7.17. The van der Waals surface area contributed by atoms with E-state index in [-0.39, 0.29) is 0 Å². The predicted molar refractivity (Wildman–Crippen MR) is 113 cm³/mol. The van der Waals surface area contributed by atoms with Crippen molar-refractivity contribution in [1.82, 2.24) is 5.43 Å². The third-order valence-corrected chi connectivity index (χ3v) is 5.57. The van der Waals surface area contributed by atoms with E-state index in [0.29, 0.717) is 11.1 Å². The molecule has 138 valence electrons. The Kier molecular flexibility index (Phi) is 5.02. The van der Waals surface area contributed by atoms with Crippen LogP contribution in [0.2, 0.25) is 0 Å². The van der Waals surface area contributed by atoms with Gasteiger partial charge >= 0.3 is 0 Å². The first-order valence-electron chi connectivity index (χ1n) is 8.83. The van der Waals surface area contributed by atoms with Gasteiger partial charge in [0.15, 0.2) is 5.60 Å². The molecule has 0 aliphatic carbocycles. The molecule has 0 spiro atoms. The zero-order valence-electron chi connectivity index (χ0n) is 14.9. The van der Waals surface area contributed by atoms with E-state index in [1.54, 1.807) is 66.1 Å². The summed E-state index contributed by atoms with van der Waals surface area (Å²) in [5.41, 5.74) is 2.55. The summed E-state index contributed by atoms with van der Waals surface area (Å²) in [6, 6.07) is 25.7. The first kappa shape index (κ1) is 18.1. The van der Waals surface area contributed by atoms with Crippen LogP contribution in [0.3, 0.4) is 0 Å². The number of hydrogen-bond donors (Lipinski definition) is 2. The molecule has 0 aliphatic heterocycles. The number of nitrogens with one attached hydrogen (secondary N) is 1. The molecule has 1 amide bonds. The maximum absolute atomic E-state index is 13.0. The van der Waals surface area contributed by atoms with Gasteiger partial charge in [0.05, 0.1) is 6.21 Å². The molecule has 0 aliphatic rings. The van der Waals surface area contributed by atoms with E-state index in [4.69, 9.17) is 0 Å². The van der Waals surface area contributed by atoms with Gasteiger partial charge in [0, 0.05) is 21.0 Å². The fourth-order valence-corrected chi connectivity index (χ4v) is 4.04. The molecule has 1 heterocycles. The van der Waals surface area contributed by atoms with Gasteiger partial charge in [-0.3, -0.25) is 4.79 Å². The molecule has 28 heavy (non-hydrogen) atoms. The second-order valence-corrected chi connectivity index (χ2v) is 7.24. The number of thiophene rings is 1. The Morgan fingerprint density at radius 3 is 2.11 bits per heavy atom. The summed E-state index contributed by atoms with van der Waals surface area (Å²) in [6.07, 6.45) is 1.60. The van der Waals surface area contributed by atoms with Crippen LogP contribution in [0.25, 0.3) is 10.1 Å². The van der Waals surface area contributed by atoms with E-state index in [1.165, 1.54) is 0 Å². The lowest BCUT2D eigenvalue weighted by Crippen LogP contribution is -2.43. The number of hydrogen-bond acceptors (Lipinski definition) is 4. The van der Waals surface area contributed by atoms with Gasteiger partial charge in [0.1, 0.15) is 0 Å². The average molecular weight is 386 g/mol. The molecule has 0 radical (unpaired) electrons. The van der Waals surface area contributed by atoms with E-state index in [0.717, 1.165) is 15.6 Å². The van der Waals surface area contributed by atoms with Crippen LogP contribution < -0.4 is 5.43 Å². The van der Waals surface area contributed by atoms with Crippen LogP contribution in [0.5, 0.6) is 0 Å². The topological polar surface area (TPSA) is 61.7 Å². The van der Waals surface area contributed by atoms with Gasteiger partial charge in [-0.15, -0.1) is 11.3 Å². The summed E-state index contributed by atoms with van der Waals surface area (Å²) in [7, 11) is 0. The summed E-state index contributed by atoms with van der Waals surface area (Å²) in [4.78, 5) is 13.0. The summed E-state index contributed by atoms with van der Waals surface area (Å²) < 4.78 is 1.15. The van der Waals surface area contributed by atoms with Crippen molar-refractivity contribution in [1.29, 1.82) is 0 Å². The average Bonchev–Trinajstić information content (AvgIpc) is 3.17. The van der Waals surface area contributed by atoms with E-state index in [2.05, 4.69) is 10.5 Å². The van der Waals surface area contributed by atoms with Crippen LogP contribution in [0.15, 0.2) is 95.4 Å². The van der Waals surface area contributed by atoms with Crippen molar-refractivity contribution in [3.8, 4) is 0 Å². The number of benzene rings is 3. The standard InChI is InChI=1S/C23H18N2O2S/c26-22(25-24-15-17-16-28-21-14-8-7-13-20(17)21)23(27,18-9-3-1-4-10-18)19-11-5-2-6-12-19/h1-16,27H,(H,25,26). The fourth-order valence-electron chi connectivity index (χ4n) is 3.13. The van der Waals surface area contributed by atoms with Crippen LogP contribution in [0, 0.1) is 0 Å². The second kappa shape index (κ2) is 7.76. The lowest BCUT2D eigenvalue weighted by atomic mass is 9.85. The molecule has 1 aromatic heterocycles. The molecule has 0 fully saturated rings. The maximum atomic E-state index is 13.0. The Labute approximate surface area is 166 Å². The zero-order chi connectivity index (χ0) is 19.4. The van der Waals surface area contributed by atoms with Crippen molar-refractivity contribution in [2.24, 2.45) is 5.10 Å². The first-order valence-corrected chi connectivity index (χ1v) is 9.71. The molecule has 3 aromatic carbocycles. The number of amides is 1. The molecule has 2 N–H and O–H groups in total. The molecule has 0 bridgehead atoms. The van der Waals surface area contributed by atoms with Gasteiger partial charge in [-0.2, -0.15) is 5.10 Å². The zero-order valence-corrected chi connectivity index (χ0v) is 15.8. The number of carbonyl (C=O) groups is 1. The van der Waals surface area contributed by atoms with Crippen molar-refractivity contribution >= 4 is 33.5 Å². The molecular formula is C23H18N2O2S.